The molecular weight excluding hydrogens is 324 g/mol. The summed E-state index contributed by atoms with van der Waals surface area (Å²) in [7, 11) is 0. The van der Waals surface area contributed by atoms with Gasteiger partial charge < -0.3 is 0 Å². The Bertz CT molecular complexity index is 654. The number of rotatable bonds is 5. The van der Waals surface area contributed by atoms with Gasteiger partial charge in [-0.1, -0.05) is 97.4 Å². The Hall–Kier alpha value is -2.08. The molecule has 0 saturated heterocycles. The van der Waals surface area contributed by atoms with Gasteiger partial charge in [0.25, 0.3) is 0 Å². The summed E-state index contributed by atoms with van der Waals surface area (Å²) < 4.78 is 0. The van der Waals surface area contributed by atoms with Gasteiger partial charge in [-0.25, -0.2) is 0 Å². The Morgan fingerprint density at radius 3 is 2.26 bits per heavy atom. The molecule has 0 heteroatoms. The molecule has 2 rings (SSSR count). The molecule has 0 unspecified atom stereocenters. The van der Waals surface area contributed by atoms with Crippen LogP contribution in [0.25, 0.3) is 0 Å². The summed E-state index contributed by atoms with van der Waals surface area (Å²) in [6.07, 6.45) is 23.2. The molecule has 0 fully saturated rings. The summed E-state index contributed by atoms with van der Waals surface area (Å²) in [4.78, 5) is 0. The van der Waals surface area contributed by atoms with E-state index in [2.05, 4.69) is 57.4 Å². The van der Waals surface area contributed by atoms with Gasteiger partial charge in [0.2, 0.25) is 0 Å². The predicted octanol–water partition coefficient (Wildman–Crippen LogP) is 9.23. The van der Waals surface area contributed by atoms with E-state index < -0.39 is 0 Å². The lowest BCUT2D eigenvalue weighted by Crippen LogP contribution is -1.99. The zero-order chi connectivity index (χ0) is 18.7. The van der Waals surface area contributed by atoms with E-state index in [4.69, 9.17) is 0 Å². The quantitative estimate of drug-likeness (QED) is 0.425. The Kier molecular flexibility index (Phi) is 15.1. The molecule has 2 aliphatic rings. The number of hydrogen-bond donors (Lipinski definition) is 0. The standard InChI is InChI=1S/C23H28.C2H6.2CH4/c1-5-9-16-22-20(14-7-3)19(8-4)21-17-12-10-11-15-18(13-6-2)23(21)22;1-2;;/h5,7-9,13-14,16-17H,1,4,6,10-12,15H2,2-3H3;1-2H3;2*1H4/b14-7-,16-9-,18-13-,21-17-;;;. The fourth-order valence-electron chi connectivity index (χ4n) is 3.45. The van der Waals surface area contributed by atoms with Gasteiger partial charge in [0.1, 0.15) is 0 Å². The van der Waals surface area contributed by atoms with Crippen molar-refractivity contribution in [2.45, 2.75) is 74.7 Å². The van der Waals surface area contributed by atoms with Crippen molar-refractivity contribution in [3.8, 4) is 0 Å². The molecule has 0 aromatic rings. The van der Waals surface area contributed by atoms with Crippen LogP contribution >= 0.6 is 0 Å². The SMILES string of the molecule is C.C.C=C/C=C\C1=C2C(=C\CC)/CCCC/C=C\2C(C=C)=C1/C=C\C.CC. The van der Waals surface area contributed by atoms with E-state index in [1.165, 1.54) is 52.7 Å². The Morgan fingerprint density at radius 2 is 1.70 bits per heavy atom. The molecule has 0 aliphatic heterocycles. The topological polar surface area (TPSA) is 0 Å². The smallest absolute Gasteiger partial charge is 0.00732 e. The van der Waals surface area contributed by atoms with Crippen molar-refractivity contribution in [2.24, 2.45) is 0 Å². The largest absolute Gasteiger partial charge is 0.0991 e. The highest BCUT2D eigenvalue weighted by Gasteiger charge is 2.27. The first-order valence-corrected chi connectivity index (χ1v) is 9.71. The fourth-order valence-corrected chi connectivity index (χ4v) is 3.45. The molecule has 0 aromatic heterocycles. The van der Waals surface area contributed by atoms with E-state index in [0.717, 1.165) is 12.8 Å². The highest BCUT2D eigenvalue weighted by molar-refractivity contribution is 5.77. The first kappa shape index (κ1) is 27.1. The van der Waals surface area contributed by atoms with Crippen molar-refractivity contribution in [3.05, 3.63) is 95.2 Å². The number of fused-ring (bicyclic) bond motifs is 1. The van der Waals surface area contributed by atoms with Gasteiger partial charge >= 0.3 is 0 Å². The molecule has 2 aliphatic carbocycles. The lowest BCUT2D eigenvalue weighted by atomic mass is 9.87. The molecule has 0 atom stereocenters. The summed E-state index contributed by atoms with van der Waals surface area (Å²) in [5.41, 5.74) is 8.13. The summed E-state index contributed by atoms with van der Waals surface area (Å²) in [6.45, 7) is 16.2. The summed E-state index contributed by atoms with van der Waals surface area (Å²) in [5, 5.41) is 0. The molecule has 0 bridgehead atoms. The molecule has 0 nitrogen and oxygen atoms in total. The maximum absolute atomic E-state index is 4.08. The number of allylic oxidation sites excluding steroid dienone is 14. The van der Waals surface area contributed by atoms with Crippen molar-refractivity contribution >= 4 is 0 Å². The van der Waals surface area contributed by atoms with Crippen LogP contribution < -0.4 is 0 Å². The molecule has 27 heavy (non-hydrogen) atoms. The Balaban J connectivity index is 0. The second-order valence-electron chi connectivity index (χ2n) is 5.92. The van der Waals surface area contributed by atoms with Crippen LogP contribution in [0.4, 0.5) is 0 Å². The van der Waals surface area contributed by atoms with E-state index in [0.29, 0.717) is 0 Å². The fraction of sp³-hybridized carbons (Fsp3) is 0.407. The molecule has 0 spiro atoms. The first-order valence-electron chi connectivity index (χ1n) is 9.71. The van der Waals surface area contributed by atoms with Gasteiger partial charge in [0.05, 0.1) is 0 Å². The van der Waals surface area contributed by atoms with Crippen LogP contribution in [0.15, 0.2) is 95.2 Å². The molecule has 0 saturated carbocycles. The van der Waals surface area contributed by atoms with E-state index in [1.807, 2.05) is 32.1 Å². The average Bonchev–Trinajstić information content (AvgIpc) is 2.90. The van der Waals surface area contributed by atoms with E-state index >= 15 is 0 Å². The molecule has 0 amide bonds. The maximum atomic E-state index is 4.08. The molecule has 0 N–H and O–H groups in total. The van der Waals surface area contributed by atoms with Crippen molar-refractivity contribution < 1.29 is 0 Å². The van der Waals surface area contributed by atoms with Crippen molar-refractivity contribution in [2.75, 3.05) is 0 Å². The van der Waals surface area contributed by atoms with Crippen molar-refractivity contribution in [3.63, 3.8) is 0 Å². The van der Waals surface area contributed by atoms with Crippen LogP contribution in [-0.2, 0) is 0 Å². The van der Waals surface area contributed by atoms with Crippen molar-refractivity contribution in [1.82, 2.24) is 0 Å². The molecule has 150 valence electrons. The third-order valence-electron chi connectivity index (χ3n) is 4.37. The van der Waals surface area contributed by atoms with Gasteiger partial charge in [-0.15, -0.1) is 0 Å². The molecule has 0 radical (unpaired) electrons. The summed E-state index contributed by atoms with van der Waals surface area (Å²) in [5.74, 6) is 0. The third kappa shape index (κ3) is 6.54. The zero-order valence-electron chi connectivity index (χ0n) is 16.6. The molecule has 0 heterocycles. The summed E-state index contributed by atoms with van der Waals surface area (Å²) in [6, 6.07) is 0. The van der Waals surface area contributed by atoms with Gasteiger partial charge in [0.15, 0.2) is 0 Å². The minimum Gasteiger partial charge on any atom is -0.0991 e. The third-order valence-corrected chi connectivity index (χ3v) is 4.37. The summed E-state index contributed by atoms with van der Waals surface area (Å²) >= 11 is 0. The lowest BCUT2D eigenvalue weighted by molar-refractivity contribution is 0.734. The monoisotopic (exact) mass is 366 g/mol. The van der Waals surface area contributed by atoms with Crippen LogP contribution in [0.1, 0.15) is 74.7 Å². The molecule has 0 aromatic carbocycles. The number of hydrogen-bond acceptors (Lipinski definition) is 0. The highest BCUT2D eigenvalue weighted by atomic mass is 14.3. The van der Waals surface area contributed by atoms with Crippen LogP contribution in [0.5, 0.6) is 0 Å². The van der Waals surface area contributed by atoms with Gasteiger partial charge in [-0.05, 0) is 72.5 Å². The van der Waals surface area contributed by atoms with Gasteiger partial charge in [-0.2, -0.15) is 0 Å². The van der Waals surface area contributed by atoms with E-state index in [1.54, 1.807) is 0 Å². The second kappa shape index (κ2) is 15.0. The maximum Gasteiger partial charge on any atom is -0.00732 e. The Morgan fingerprint density at radius 1 is 1.00 bits per heavy atom. The minimum atomic E-state index is 0. The zero-order valence-corrected chi connectivity index (χ0v) is 16.6. The lowest BCUT2D eigenvalue weighted by Gasteiger charge is -2.17. The second-order valence-corrected chi connectivity index (χ2v) is 5.92. The van der Waals surface area contributed by atoms with Crippen LogP contribution in [-0.4, -0.2) is 0 Å². The van der Waals surface area contributed by atoms with E-state index in [-0.39, 0.29) is 14.9 Å². The van der Waals surface area contributed by atoms with Crippen LogP contribution in [0.3, 0.4) is 0 Å². The average molecular weight is 367 g/mol. The minimum absolute atomic E-state index is 0. The van der Waals surface area contributed by atoms with Crippen LogP contribution in [0.2, 0.25) is 0 Å². The van der Waals surface area contributed by atoms with Gasteiger partial charge in [-0.3, -0.25) is 0 Å². The normalized spacial score (nSPS) is 20.0. The first-order chi connectivity index (χ1) is 12.3. The molecular formula is C27H42. The predicted molar refractivity (Wildman–Crippen MR) is 128 cm³/mol. The van der Waals surface area contributed by atoms with Crippen LogP contribution in [0, 0.1) is 0 Å². The highest BCUT2D eigenvalue weighted by Crippen LogP contribution is 2.45. The van der Waals surface area contributed by atoms with Crippen molar-refractivity contribution in [1.29, 1.82) is 0 Å². The van der Waals surface area contributed by atoms with E-state index in [9.17, 15) is 0 Å². The Labute approximate surface area is 170 Å². The van der Waals surface area contributed by atoms with Gasteiger partial charge in [0, 0.05) is 0 Å².